The van der Waals surface area contributed by atoms with Gasteiger partial charge in [-0.25, -0.2) is 0 Å². The van der Waals surface area contributed by atoms with Crippen LogP contribution in [0.5, 0.6) is 0 Å². The summed E-state index contributed by atoms with van der Waals surface area (Å²) in [5, 5.41) is 0. The van der Waals surface area contributed by atoms with Crippen LogP contribution in [0.4, 0.5) is 0 Å². The van der Waals surface area contributed by atoms with Crippen LogP contribution in [0.2, 0.25) is 0 Å². The molecule has 2 N–H and O–H groups in total. The molecule has 0 heterocycles. The van der Waals surface area contributed by atoms with Gasteiger partial charge >= 0.3 is 0 Å². The molecule has 2 nitrogen and oxygen atoms in total. The fourth-order valence-corrected chi connectivity index (χ4v) is 1.62. The zero-order valence-electron chi connectivity index (χ0n) is 8.42. The van der Waals surface area contributed by atoms with E-state index >= 15 is 0 Å². The Hall–Kier alpha value is -0.0800. The highest BCUT2D eigenvalue weighted by Gasteiger charge is 2.27. The van der Waals surface area contributed by atoms with E-state index in [1.807, 2.05) is 0 Å². The van der Waals surface area contributed by atoms with Gasteiger partial charge in [0.25, 0.3) is 0 Å². The average Bonchev–Trinajstić information content (AvgIpc) is 2.83. The van der Waals surface area contributed by atoms with E-state index < -0.39 is 0 Å². The third-order valence-corrected chi connectivity index (χ3v) is 2.68. The van der Waals surface area contributed by atoms with Gasteiger partial charge in [0.2, 0.25) is 0 Å². The predicted molar refractivity (Wildman–Crippen MR) is 53.1 cm³/mol. The maximum atomic E-state index is 6.00. The van der Waals surface area contributed by atoms with Crippen LogP contribution in [0.25, 0.3) is 0 Å². The third kappa shape index (κ3) is 3.55. The Bertz CT molecular complexity index is 121. The summed E-state index contributed by atoms with van der Waals surface area (Å²) in [6.45, 7) is 4.60. The first kappa shape index (κ1) is 10.0. The average molecular weight is 170 g/mol. The Morgan fingerprint density at radius 3 is 2.58 bits per heavy atom. The maximum Gasteiger partial charge on any atom is 0.00793 e. The summed E-state index contributed by atoms with van der Waals surface area (Å²) in [5.41, 5.74) is 6.00. The minimum atomic E-state index is 0.476. The van der Waals surface area contributed by atoms with E-state index in [1.54, 1.807) is 0 Å². The van der Waals surface area contributed by atoms with Gasteiger partial charge in [-0.1, -0.05) is 6.92 Å². The van der Waals surface area contributed by atoms with Crippen molar-refractivity contribution in [2.24, 2.45) is 11.7 Å². The van der Waals surface area contributed by atoms with Crippen molar-refractivity contribution in [3.63, 3.8) is 0 Å². The van der Waals surface area contributed by atoms with Crippen molar-refractivity contribution in [2.75, 3.05) is 20.1 Å². The Balaban J connectivity index is 1.99. The minimum Gasteiger partial charge on any atom is -0.327 e. The van der Waals surface area contributed by atoms with Crippen LogP contribution in [0.3, 0.4) is 0 Å². The quantitative estimate of drug-likeness (QED) is 0.654. The summed E-state index contributed by atoms with van der Waals surface area (Å²) in [7, 11) is 2.18. The molecule has 0 spiro atoms. The van der Waals surface area contributed by atoms with Crippen LogP contribution in [0.15, 0.2) is 0 Å². The second-order valence-corrected chi connectivity index (χ2v) is 4.09. The van der Waals surface area contributed by atoms with Crippen molar-refractivity contribution in [1.82, 2.24) is 4.90 Å². The standard InChI is InChI=1S/C10H22N2/c1-3-7-12(2)8-6-10(11)9-4-5-9/h9-10H,3-8,11H2,1-2H3. The second-order valence-electron chi connectivity index (χ2n) is 4.09. The number of nitrogens with two attached hydrogens (primary N) is 1. The van der Waals surface area contributed by atoms with Crippen molar-refractivity contribution in [2.45, 2.75) is 38.6 Å². The number of hydrogen-bond acceptors (Lipinski definition) is 2. The third-order valence-electron chi connectivity index (χ3n) is 2.68. The number of hydrogen-bond donors (Lipinski definition) is 1. The molecule has 0 aromatic carbocycles. The first-order valence-corrected chi connectivity index (χ1v) is 5.18. The Morgan fingerprint density at radius 1 is 1.42 bits per heavy atom. The fourth-order valence-electron chi connectivity index (χ4n) is 1.62. The van der Waals surface area contributed by atoms with Crippen LogP contribution in [-0.4, -0.2) is 31.1 Å². The van der Waals surface area contributed by atoms with Gasteiger partial charge in [-0.05, 0) is 51.7 Å². The lowest BCUT2D eigenvalue weighted by Crippen LogP contribution is -2.29. The molecule has 1 atom stereocenters. The molecule has 1 unspecified atom stereocenters. The first-order chi connectivity index (χ1) is 5.74. The number of rotatable bonds is 6. The molecule has 0 radical (unpaired) electrons. The highest BCUT2D eigenvalue weighted by Crippen LogP contribution is 2.32. The van der Waals surface area contributed by atoms with Gasteiger partial charge in [0, 0.05) is 6.04 Å². The Kier molecular flexibility index (Phi) is 4.02. The van der Waals surface area contributed by atoms with Gasteiger partial charge in [-0.15, -0.1) is 0 Å². The highest BCUT2D eigenvalue weighted by atomic mass is 15.1. The molecule has 0 aliphatic heterocycles. The highest BCUT2D eigenvalue weighted by molar-refractivity contribution is 4.84. The van der Waals surface area contributed by atoms with E-state index in [-0.39, 0.29) is 0 Å². The predicted octanol–water partition coefficient (Wildman–Crippen LogP) is 1.46. The molecule has 0 aromatic heterocycles. The van der Waals surface area contributed by atoms with E-state index in [4.69, 9.17) is 5.73 Å². The van der Waals surface area contributed by atoms with Gasteiger partial charge in [-0.2, -0.15) is 0 Å². The molecule has 1 rings (SSSR count). The fraction of sp³-hybridized carbons (Fsp3) is 1.00. The van der Waals surface area contributed by atoms with Gasteiger partial charge in [0.15, 0.2) is 0 Å². The molecule has 0 amide bonds. The van der Waals surface area contributed by atoms with Crippen molar-refractivity contribution >= 4 is 0 Å². The van der Waals surface area contributed by atoms with Crippen LogP contribution in [0, 0.1) is 5.92 Å². The molecular formula is C10H22N2. The van der Waals surface area contributed by atoms with E-state index in [0.717, 1.165) is 5.92 Å². The summed E-state index contributed by atoms with van der Waals surface area (Å²) < 4.78 is 0. The van der Waals surface area contributed by atoms with E-state index in [2.05, 4.69) is 18.9 Å². The SMILES string of the molecule is CCCN(C)CCC(N)C1CC1. The van der Waals surface area contributed by atoms with Gasteiger partial charge in [0.1, 0.15) is 0 Å². The van der Waals surface area contributed by atoms with Crippen LogP contribution in [-0.2, 0) is 0 Å². The molecule has 12 heavy (non-hydrogen) atoms. The molecule has 1 aliphatic carbocycles. The Morgan fingerprint density at radius 2 is 2.08 bits per heavy atom. The topological polar surface area (TPSA) is 29.3 Å². The molecule has 72 valence electrons. The lowest BCUT2D eigenvalue weighted by atomic mass is 10.1. The summed E-state index contributed by atoms with van der Waals surface area (Å²) in [5.74, 6) is 0.861. The summed E-state index contributed by atoms with van der Waals surface area (Å²) in [4.78, 5) is 2.38. The second kappa shape index (κ2) is 4.83. The van der Waals surface area contributed by atoms with Gasteiger partial charge in [0.05, 0.1) is 0 Å². The van der Waals surface area contributed by atoms with Crippen LogP contribution < -0.4 is 5.73 Å². The van der Waals surface area contributed by atoms with Crippen LogP contribution >= 0.6 is 0 Å². The monoisotopic (exact) mass is 170 g/mol. The van der Waals surface area contributed by atoms with Gasteiger partial charge < -0.3 is 10.6 Å². The molecule has 1 fully saturated rings. The molecular weight excluding hydrogens is 148 g/mol. The van der Waals surface area contributed by atoms with Crippen molar-refractivity contribution in [3.8, 4) is 0 Å². The first-order valence-electron chi connectivity index (χ1n) is 5.18. The van der Waals surface area contributed by atoms with E-state index in [9.17, 15) is 0 Å². The van der Waals surface area contributed by atoms with Crippen molar-refractivity contribution in [1.29, 1.82) is 0 Å². The molecule has 1 aliphatic rings. The molecule has 0 aromatic rings. The van der Waals surface area contributed by atoms with E-state index in [0.29, 0.717) is 6.04 Å². The Labute approximate surface area is 76.1 Å². The summed E-state index contributed by atoms with van der Waals surface area (Å²) in [6.07, 6.45) is 5.17. The molecule has 0 saturated heterocycles. The lowest BCUT2D eigenvalue weighted by molar-refractivity contribution is 0.312. The zero-order chi connectivity index (χ0) is 8.97. The summed E-state index contributed by atoms with van der Waals surface area (Å²) in [6, 6.07) is 0.476. The van der Waals surface area contributed by atoms with Gasteiger partial charge in [-0.3, -0.25) is 0 Å². The molecule has 0 bridgehead atoms. The summed E-state index contributed by atoms with van der Waals surface area (Å²) >= 11 is 0. The van der Waals surface area contributed by atoms with Crippen LogP contribution in [0.1, 0.15) is 32.6 Å². The molecule has 2 heteroatoms. The number of nitrogens with zero attached hydrogens (tertiary/aromatic N) is 1. The smallest absolute Gasteiger partial charge is 0.00793 e. The maximum absolute atomic E-state index is 6.00. The zero-order valence-corrected chi connectivity index (χ0v) is 8.42. The van der Waals surface area contributed by atoms with Crippen molar-refractivity contribution < 1.29 is 0 Å². The molecule has 1 saturated carbocycles. The van der Waals surface area contributed by atoms with Crippen molar-refractivity contribution in [3.05, 3.63) is 0 Å². The normalized spacial score (nSPS) is 20.0. The minimum absolute atomic E-state index is 0.476. The van der Waals surface area contributed by atoms with E-state index in [1.165, 1.54) is 38.8 Å². The lowest BCUT2D eigenvalue weighted by Gasteiger charge is -2.18. The largest absolute Gasteiger partial charge is 0.327 e.